The molecule has 0 radical (unpaired) electrons. The highest BCUT2D eigenvalue weighted by atomic mass is 127. The number of hydrogen-bond acceptors (Lipinski definition) is 4. The Morgan fingerprint density at radius 2 is 1.79 bits per heavy atom. The maximum Gasteiger partial charge on any atom is 0.511 e. The topological polar surface area (TPSA) is 83.0 Å². The molecule has 1 aliphatic rings. The number of halogens is 4. The van der Waals surface area contributed by atoms with Gasteiger partial charge in [0.25, 0.3) is 0 Å². The summed E-state index contributed by atoms with van der Waals surface area (Å²) in [6.07, 6.45) is 0.718. The zero-order valence-electron chi connectivity index (χ0n) is 16.2. The van der Waals surface area contributed by atoms with Gasteiger partial charge in [-0.25, -0.2) is 8.42 Å². The van der Waals surface area contributed by atoms with Gasteiger partial charge in [0, 0.05) is 33.2 Å². The molecule has 0 saturated carbocycles. The number of aliphatic imine (C=N–C) groups is 1. The average molecular weight is 550 g/mol. The van der Waals surface area contributed by atoms with E-state index in [0.717, 1.165) is 11.3 Å². The van der Waals surface area contributed by atoms with Crippen LogP contribution in [0.1, 0.15) is 18.4 Å². The molecule has 0 atom stereocenters. The van der Waals surface area contributed by atoms with Crippen LogP contribution in [0, 0.1) is 5.92 Å². The van der Waals surface area contributed by atoms with Gasteiger partial charge in [-0.3, -0.25) is 4.99 Å². The van der Waals surface area contributed by atoms with E-state index in [1.807, 2.05) is 24.3 Å². The molecule has 0 aliphatic carbocycles. The van der Waals surface area contributed by atoms with Gasteiger partial charge in [-0.2, -0.15) is 17.5 Å². The van der Waals surface area contributed by atoms with Crippen LogP contribution in [0.25, 0.3) is 0 Å². The van der Waals surface area contributed by atoms with Gasteiger partial charge in [0.2, 0.25) is 0 Å². The second-order valence-electron chi connectivity index (χ2n) is 6.45. The molecule has 1 aromatic rings. The van der Waals surface area contributed by atoms with E-state index in [4.69, 9.17) is 4.74 Å². The molecule has 1 aliphatic heterocycles. The number of sulfonamides is 1. The van der Waals surface area contributed by atoms with E-state index in [-0.39, 0.29) is 43.0 Å². The first kappa shape index (κ1) is 25.8. The standard InChI is InChI=1S/C17H25F3N4O3S.HI/c1-21-16(22-11-13-3-5-15(27-2)6-4-13)23-12-14-7-9-24(10-8-14)28(25,26)17(18,19)20;/h3-6,14H,7-12H2,1-2H3,(H2,21,22,23);1H. The maximum atomic E-state index is 12.6. The minimum absolute atomic E-state index is 0. The first-order valence-electron chi connectivity index (χ1n) is 8.81. The maximum absolute atomic E-state index is 12.6. The first-order valence-corrected chi connectivity index (χ1v) is 10.2. The molecule has 1 aromatic carbocycles. The normalized spacial score (nSPS) is 16.8. The van der Waals surface area contributed by atoms with E-state index in [0.29, 0.717) is 36.2 Å². The molecular weight excluding hydrogens is 524 g/mol. The van der Waals surface area contributed by atoms with Crippen molar-refractivity contribution in [2.45, 2.75) is 24.9 Å². The lowest BCUT2D eigenvalue weighted by molar-refractivity contribution is -0.0496. The minimum atomic E-state index is -5.24. The summed E-state index contributed by atoms with van der Waals surface area (Å²) in [4.78, 5) is 4.12. The molecule has 0 spiro atoms. The highest BCUT2D eigenvalue weighted by molar-refractivity contribution is 14.0. The van der Waals surface area contributed by atoms with Crippen LogP contribution in [-0.2, 0) is 16.6 Å². The highest BCUT2D eigenvalue weighted by Crippen LogP contribution is 2.30. The van der Waals surface area contributed by atoms with E-state index >= 15 is 0 Å². The Hall–Kier alpha value is -1.28. The van der Waals surface area contributed by atoms with Gasteiger partial charge in [-0.1, -0.05) is 12.1 Å². The molecule has 2 rings (SSSR count). The van der Waals surface area contributed by atoms with Crippen LogP contribution >= 0.6 is 24.0 Å². The van der Waals surface area contributed by atoms with Gasteiger partial charge in [-0.05, 0) is 36.5 Å². The Balaban J connectivity index is 0.00000420. The van der Waals surface area contributed by atoms with Crippen LogP contribution in [0.2, 0.25) is 0 Å². The number of ether oxygens (including phenoxy) is 1. The quantitative estimate of drug-likeness (QED) is 0.324. The van der Waals surface area contributed by atoms with E-state index in [9.17, 15) is 21.6 Å². The van der Waals surface area contributed by atoms with Crippen LogP contribution < -0.4 is 15.4 Å². The number of alkyl halides is 3. The molecule has 1 fully saturated rings. The Morgan fingerprint density at radius 3 is 2.28 bits per heavy atom. The molecular formula is C17H26F3IN4O3S. The zero-order chi connectivity index (χ0) is 20.8. The molecule has 29 heavy (non-hydrogen) atoms. The Bertz CT molecular complexity index is 765. The fraction of sp³-hybridized carbons (Fsp3) is 0.588. The van der Waals surface area contributed by atoms with Crippen molar-refractivity contribution >= 4 is 40.0 Å². The number of nitrogens with zero attached hydrogens (tertiary/aromatic N) is 2. The molecule has 7 nitrogen and oxygen atoms in total. The third kappa shape index (κ3) is 7.17. The molecule has 0 amide bonds. The zero-order valence-corrected chi connectivity index (χ0v) is 19.3. The summed E-state index contributed by atoms with van der Waals surface area (Å²) in [5, 5.41) is 6.30. The summed E-state index contributed by atoms with van der Waals surface area (Å²) in [5.74, 6) is 1.41. The lowest BCUT2D eigenvalue weighted by Gasteiger charge is -2.31. The number of methoxy groups -OCH3 is 1. The molecule has 0 bridgehead atoms. The summed E-state index contributed by atoms with van der Waals surface area (Å²) in [6, 6.07) is 7.57. The highest BCUT2D eigenvalue weighted by Gasteiger charge is 2.50. The van der Waals surface area contributed by atoms with Crippen LogP contribution in [-0.4, -0.2) is 58.0 Å². The SMILES string of the molecule is CN=C(NCc1ccc(OC)cc1)NCC1CCN(S(=O)(=O)C(F)(F)F)CC1.I. The van der Waals surface area contributed by atoms with Crippen LogP contribution in [0.3, 0.4) is 0 Å². The van der Waals surface area contributed by atoms with Gasteiger partial charge < -0.3 is 15.4 Å². The lowest BCUT2D eigenvalue weighted by Crippen LogP contribution is -2.47. The van der Waals surface area contributed by atoms with Crippen LogP contribution in [0.5, 0.6) is 5.75 Å². The van der Waals surface area contributed by atoms with Crippen molar-refractivity contribution in [3.8, 4) is 5.75 Å². The van der Waals surface area contributed by atoms with Crippen molar-refractivity contribution in [3.63, 3.8) is 0 Å². The van der Waals surface area contributed by atoms with Gasteiger partial charge >= 0.3 is 15.5 Å². The number of nitrogens with one attached hydrogen (secondary N) is 2. The molecule has 1 saturated heterocycles. The number of rotatable bonds is 6. The van der Waals surface area contributed by atoms with E-state index in [1.54, 1.807) is 14.2 Å². The van der Waals surface area contributed by atoms with E-state index in [2.05, 4.69) is 15.6 Å². The molecule has 0 aromatic heterocycles. The third-order valence-electron chi connectivity index (χ3n) is 4.61. The lowest BCUT2D eigenvalue weighted by atomic mass is 9.98. The summed E-state index contributed by atoms with van der Waals surface area (Å²) in [6.45, 7) is 0.784. The predicted octanol–water partition coefficient (Wildman–Crippen LogP) is 2.54. The summed E-state index contributed by atoms with van der Waals surface area (Å²) >= 11 is 0. The van der Waals surface area contributed by atoms with Crippen molar-refractivity contribution < 1.29 is 26.3 Å². The summed E-state index contributed by atoms with van der Waals surface area (Å²) in [7, 11) is -2.01. The minimum Gasteiger partial charge on any atom is -0.497 e. The first-order chi connectivity index (χ1) is 13.2. The largest absolute Gasteiger partial charge is 0.511 e. The number of guanidine groups is 1. The van der Waals surface area contributed by atoms with Crippen molar-refractivity contribution in [1.29, 1.82) is 0 Å². The third-order valence-corrected chi connectivity index (χ3v) is 6.24. The molecule has 1 heterocycles. The van der Waals surface area contributed by atoms with Gasteiger partial charge in [-0.15, -0.1) is 24.0 Å². The van der Waals surface area contributed by atoms with Gasteiger partial charge in [0.15, 0.2) is 5.96 Å². The Morgan fingerprint density at radius 1 is 1.21 bits per heavy atom. The van der Waals surface area contributed by atoms with Crippen LogP contribution in [0.4, 0.5) is 13.2 Å². The summed E-state index contributed by atoms with van der Waals surface area (Å²) in [5.41, 5.74) is -4.21. The average Bonchev–Trinajstić information content (AvgIpc) is 2.68. The predicted molar refractivity (Wildman–Crippen MR) is 116 cm³/mol. The second-order valence-corrected chi connectivity index (χ2v) is 8.38. The molecule has 166 valence electrons. The van der Waals surface area contributed by atoms with E-state index < -0.39 is 15.5 Å². The van der Waals surface area contributed by atoms with Gasteiger partial charge in [0.1, 0.15) is 5.75 Å². The molecule has 2 N–H and O–H groups in total. The monoisotopic (exact) mass is 550 g/mol. The fourth-order valence-electron chi connectivity index (χ4n) is 2.89. The van der Waals surface area contributed by atoms with Crippen LogP contribution in [0.15, 0.2) is 29.3 Å². The molecule has 12 heteroatoms. The Labute approximate surface area is 186 Å². The van der Waals surface area contributed by atoms with E-state index in [1.165, 1.54) is 0 Å². The van der Waals surface area contributed by atoms with Crippen molar-refractivity contribution in [2.75, 3.05) is 33.8 Å². The molecule has 0 unspecified atom stereocenters. The summed E-state index contributed by atoms with van der Waals surface area (Å²) < 4.78 is 66.3. The van der Waals surface area contributed by atoms with Crippen molar-refractivity contribution in [2.24, 2.45) is 10.9 Å². The Kier molecular flexibility index (Phi) is 9.95. The fourth-order valence-corrected chi connectivity index (χ4v) is 3.88. The van der Waals surface area contributed by atoms with Crippen molar-refractivity contribution in [3.05, 3.63) is 29.8 Å². The number of benzene rings is 1. The number of hydrogen-bond donors (Lipinski definition) is 2. The second kappa shape index (κ2) is 11.2. The smallest absolute Gasteiger partial charge is 0.497 e. The van der Waals surface area contributed by atoms with Crippen molar-refractivity contribution in [1.82, 2.24) is 14.9 Å². The number of piperidine rings is 1. The van der Waals surface area contributed by atoms with Gasteiger partial charge in [0.05, 0.1) is 7.11 Å².